The number of ether oxygens (including phenoxy) is 2. The average Bonchev–Trinajstić information content (AvgIpc) is 3.13. The number of carbonyl (C=O) groups excluding carboxylic acids is 1. The summed E-state index contributed by atoms with van der Waals surface area (Å²) in [6.07, 6.45) is 1.18. The molecule has 0 aliphatic carbocycles. The molecule has 0 fully saturated rings. The Kier molecular flexibility index (Phi) is 6.14. The average molecular weight is 484 g/mol. The molecule has 0 saturated heterocycles. The first-order valence-electron chi connectivity index (χ1n) is 12.0. The van der Waals surface area contributed by atoms with Crippen LogP contribution in [-0.2, 0) is 24.2 Å². The number of aryl methyl sites for hydroxylation is 3. The van der Waals surface area contributed by atoms with Crippen molar-refractivity contribution in [2.24, 2.45) is 0 Å². The largest absolute Gasteiger partial charge is 0.493 e. The molecule has 7 heteroatoms. The van der Waals surface area contributed by atoms with Crippen LogP contribution in [0.4, 0.5) is 5.69 Å². The number of hydrogen-bond donors (Lipinski definition) is 1. The number of hydrogen-bond acceptors (Lipinski definition) is 4. The number of benzene rings is 3. The topological polar surface area (TPSA) is 74.5 Å². The maximum absolute atomic E-state index is 13.8. The maximum atomic E-state index is 13.8. The van der Waals surface area contributed by atoms with Crippen LogP contribution in [0.15, 0.2) is 65.5 Å². The molecule has 0 spiro atoms. The Bertz CT molecular complexity index is 1530. The van der Waals surface area contributed by atoms with Gasteiger partial charge in [0.05, 0.1) is 18.4 Å². The number of carbonyl (C=O) groups is 1. The highest BCUT2D eigenvalue weighted by Crippen LogP contribution is 2.42. The summed E-state index contributed by atoms with van der Waals surface area (Å²) in [6.45, 7) is 5.92. The summed E-state index contributed by atoms with van der Waals surface area (Å²) >= 11 is 0. The van der Waals surface area contributed by atoms with Gasteiger partial charge in [0, 0.05) is 17.7 Å². The van der Waals surface area contributed by atoms with Gasteiger partial charge < -0.3 is 14.8 Å². The lowest BCUT2D eigenvalue weighted by molar-refractivity contribution is -0.117. The maximum Gasteiger partial charge on any atom is 0.278 e. The molecule has 1 aromatic heterocycles. The number of fused-ring (bicyclic) bond motifs is 2. The molecule has 1 N–H and O–H groups in total. The van der Waals surface area contributed by atoms with E-state index in [9.17, 15) is 9.59 Å². The van der Waals surface area contributed by atoms with Crippen molar-refractivity contribution >= 4 is 11.6 Å². The Labute approximate surface area is 209 Å². The number of methoxy groups -OCH3 is 1. The summed E-state index contributed by atoms with van der Waals surface area (Å²) in [6, 6.07) is 19.2. The summed E-state index contributed by atoms with van der Waals surface area (Å²) in [4.78, 5) is 27.1. The zero-order chi connectivity index (χ0) is 25.4. The number of amides is 1. The van der Waals surface area contributed by atoms with Gasteiger partial charge in [-0.2, -0.15) is 0 Å². The van der Waals surface area contributed by atoms with Crippen LogP contribution >= 0.6 is 0 Å². The lowest BCUT2D eigenvalue weighted by atomic mass is 10.0. The van der Waals surface area contributed by atoms with Crippen molar-refractivity contribution in [1.29, 1.82) is 0 Å². The van der Waals surface area contributed by atoms with E-state index in [1.165, 1.54) is 0 Å². The number of para-hydroxylation sites is 2. The zero-order valence-corrected chi connectivity index (χ0v) is 20.9. The minimum Gasteiger partial charge on any atom is -0.493 e. The van der Waals surface area contributed by atoms with Crippen molar-refractivity contribution in [1.82, 2.24) is 9.36 Å². The van der Waals surface area contributed by atoms with Crippen molar-refractivity contribution in [2.45, 2.75) is 40.2 Å². The highest BCUT2D eigenvalue weighted by Gasteiger charge is 2.31. The van der Waals surface area contributed by atoms with E-state index >= 15 is 0 Å². The Morgan fingerprint density at radius 3 is 2.64 bits per heavy atom. The fourth-order valence-corrected chi connectivity index (χ4v) is 4.81. The zero-order valence-electron chi connectivity index (χ0n) is 20.9. The molecule has 0 atom stereocenters. The normalized spacial score (nSPS) is 11.9. The number of nitrogens with zero attached hydrogens (tertiary/aromatic N) is 2. The van der Waals surface area contributed by atoms with Crippen LogP contribution in [0.3, 0.4) is 0 Å². The molecule has 4 aromatic rings. The first kappa shape index (κ1) is 23.5. The molecule has 5 rings (SSSR count). The SMILES string of the molecule is CCc1ccccc1NC(=O)Cn1c2c(c(=O)n1-c1ccc(C)cc1C)Cc1cccc(OC)c1O2. The Balaban J connectivity index is 1.63. The summed E-state index contributed by atoms with van der Waals surface area (Å²) in [7, 11) is 1.58. The molecule has 7 nitrogen and oxygen atoms in total. The van der Waals surface area contributed by atoms with Gasteiger partial charge in [0.15, 0.2) is 11.5 Å². The molecule has 0 unspecified atom stereocenters. The molecular weight excluding hydrogens is 454 g/mol. The third-order valence-electron chi connectivity index (χ3n) is 6.58. The Morgan fingerprint density at radius 2 is 1.89 bits per heavy atom. The predicted molar refractivity (Wildman–Crippen MR) is 140 cm³/mol. The van der Waals surface area contributed by atoms with Gasteiger partial charge in [0.1, 0.15) is 6.54 Å². The molecule has 0 bridgehead atoms. The number of anilines is 1. The minimum absolute atomic E-state index is 0.0968. The quantitative estimate of drug-likeness (QED) is 0.362. The van der Waals surface area contributed by atoms with E-state index in [0.29, 0.717) is 35.1 Å². The highest BCUT2D eigenvalue weighted by atomic mass is 16.5. The van der Waals surface area contributed by atoms with Gasteiger partial charge in [-0.3, -0.25) is 9.59 Å². The summed E-state index contributed by atoms with van der Waals surface area (Å²) in [5.74, 6) is 1.26. The second-order valence-corrected chi connectivity index (χ2v) is 9.03. The standard InChI is InChI=1S/C29H29N3O4/c1-5-20-9-6-7-11-23(20)30-26(33)17-31-29-22(16-21-10-8-12-25(35-4)27(21)36-29)28(34)32(31)24-14-13-18(2)15-19(24)3/h6-15H,5,16-17H2,1-4H3,(H,30,33). The third kappa shape index (κ3) is 4.06. The lowest BCUT2D eigenvalue weighted by Gasteiger charge is -2.21. The summed E-state index contributed by atoms with van der Waals surface area (Å²) in [5.41, 5.74) is 5.71. The van der Waals surface area contributed by atoms with Gasteiger partial charge in [-0.15, -0.1) is 0 Å². The predicted octanol–water partition coefficient (Wildman–Crippen LogP) is 5.16. The molecule has 0 saturated carbocycles. The number of nitrogens with one attached hydrogen (secondary N) is 1. The highest BCUT2D eigenvalue weighted by molar-refractivity contribution is 5.91. The van der Waals surface area contributed by atoms with Gasteiger partial charge in [-0.1, -0.05) is 55.0 Å². The molecule has 2 heterocycles. The molecule has 0 radical (unpaired) electrons. The van der Waals surface area contributed by atoms with E-state index in [-0.39, 0.29) is 18.0 Å². The first-order valence-corrected chi connectivity index (χ1v) is 12.0. The molecule has 184 valence electrons. The van der Waals surface area contributed by atoms with Crippen molar-refractivity contribution in [3.05, 3.63) is 98.8 Å². The van der Waals surface area contributed by atoms with Crippen LogP contribution in [0.5, 0.6) is 17.4 Å². The van der Waals surface area contributed by atoms with Crippen LogP contribution in [0.2, 0.25) is 0 Å². The second kappa shape index (κ2) is 9.41. The van der Waals surface area contributed by atoms with E-state index in [2.05, 4.69) is 5.32 Å². The molecule has 3 aromatic carbocycles. The molecule has 36 heavy (non-hydrogen) atoms. The van der Waals surface area contributed by atoms with Gasteiger partial charge in [0.2, 0.25) is 11.8 Å². The fraction of sp³-hybridized carbons (Fsp3) is 0.241. The van der Waals surface area contributed by atoms with E-state index in [1.54, 1.807) is 16.5 Å². The van der Waals surface area contributed by atoms with Gasteiger partial charge in [0.25, 0.3) is 5.56 Å². The van der Waals surface area contributed by atoms with E-state index in [0.717, 1.165) is 34.4 Å². The Hall–Kier alpha value is -4.26. The van der Waals surface area contributed by atoms with Crippen LogP contribution < -0.4 is 20.3 Å². The first-order chi connectivity index (χ1) is 17.4. The second-order valence-electron chi connectivity index (χ2n) is 9.03. The molecule has 1 amide bonds. The van der Waals surface area contributed by atoms with Crippen molar-refractivity contribution < 1.29 is 14.3 Å². The van der Waals surface area contributed by atoms with Gasteiger partial charge in [-0.25, -0.2) is 9.36 Å². The number of rotatable bonds is 6. The van der Waals surface area contributed by atoms with Crippen LogP contribution in [0.1, 0.15) is 34.7 Å². The fourth-order valence-electron chi connectivity index (χ4n) is 4.81. The number of aromatic nitrogens is 2. The van der Waals surface area contributed by atoms with Crippen molar-refractivity contribution in [3.63, 3.8) is 0 Å². The van der Waals surface area contributed by atoms with Crippen LogP contribution in [0, 0.1) is 13.8 Å². The van der Waals surface area contributed by atoms with Gasteiger partial charge >= 0.3 is 0 Å². The summed E-state index contributed by atoms with van der Waals surface area (Å²) in [5, 5.41) is 3.01. The van der Waals surface area contributed by atoms with E-state index in [1.807, 2.05) is 81.4 Å². The van der Waals surface area contributed by atoms with E-state index < -0.39 is 0 Å². The monoisotopic (exact) mass is 483 g/mol. The third-order valence-corrected chi connectivity index (χ3v) is 6.58. The smallest absolute Gasteiger partial charge is 0.278 e. The van der Waals surface area contributed by atoms with Crippen LogP contribution in [0.25, 0.3) is 5.69 Å². The molecule has 1 aliphatic rings. The van der Waals surface area contributed by atoms with E-state index in [4.69, 9.17) is 9.47 Å². The minimum atomic E-state index is -0.248. The van der Waals surface area contributed by atoms with Crippen molar-refractivity contribution in [2.75, 3.05) is 12.4 Å². The molecular formula is C29H29N3O4. The Morgan fingerprint density at radius 1 is 1.08 bits per heavy atom. The van der Waals surface area contributed by atoms with Gasteiger partial charge in [-0.05, 0) is 49.6 Å². The van der Waals surface area contributed by atoms with Crippen molar-refractivity contribution in [3.8, 4) is 23.1 Å². The summed E-state index contributed by atoms with van der Waals surface area (Å²) < 4.78 is 15.0. The lowest BCUT2D eigenvalue weighted by Crippen LogP contribution is -2.28. The van der Waals surface area contributed by atoms with Crippen LogP contribution in [-0.4, -0.2) is 22.4 Å². The molecule has 1 aliphatic heterocycles.